The van der Waals surface area contributed by atoms with Crippen LogP contribution < -0.4 is 5.32 Å². The molecular weight excluding hydrogens is 333 g/mol. The fourth-order valence-corrected chi connectivity index (χ4v) is 3.55. The van der Waals surface area contributed by atoms with E-state index in [2.05, 4.69) is 5.32 Å². The van der Waals surface area contributed by atoms with Gasteiger partial charge in [0.15, 0.2) is 0 Å². The SMILES string of the molecule is O=C(c1c(F)cccc1Cl)N1CCN(C(=O)C2CCCNC2)CC1. The maximum absolute atomic E-state index is 13.9. The van der Waals surface area contributed by atoms with Gasteiger partial charge in [-0.1, -0.05) is 17.7 Å². The van der Waals surface area contributed by atoms with Gasteiger partial charge in [0.25, 0.3) is 5.91 Å². The lowest BCUT2D eigenvalue weighted by molar-refractivity contribution is -0.137. The number of benzene rings is 1. The molecule has 0 saturated carbocycles. The molecule has 1 aromatic carbocycles. The zero-order valence-corrected chi connectivity index (χ0v) is 14.2. The van der Waals surface area contributed by atoms with Crippen LogP contribution in [0.2, 0.25) is 5.02 Å². The first kappa shape index (κ1) is 17.2. The number of carbonyl (C=O) groups is 2. The molecule has 1 N–H and O–H groups in total. The molecular formula is C17H21ClFN3O2. The van der Waals surface area contributed by atoms with Gasteiger partial charge in [0.1, 0.15) is 5.82 Å². The molecule has 130 valence electrons. The number of rotatable bonds is 2. The van der Waals surface area contributed by atoms with Crippen LogP contribution in [-0.2, 0) is 4.79 Å². The molecule has 2 heterocycles. The first-order valence-corrected chi connectivity index (χ1v) is 8.68. The number of halogens is 2. The Morgan fingerprint density at radius 3 is 2.50 bits per heavy atom. The summed E-state index contributed by atoms with van der Waals surface area (Å²) in [5, 5.41) is 3.36. The van der Waals surface area contributed by atoms with Crippen LogP contribution in [-0.4, -0.2) is 60.9 Å². The normalized spacial score (nSPS) is 21.7. The smallest absolute Gasteiger partial charge is 0.258 e. The van der Waals surface area contributed by atoms with Gasteiger partial charge in [-0.3, -0.25) is 9.59 Å². The highest BCUT2D eigenvalue weighted by Crippen LogP contribution is 2.22. The van der Waals surface area contributed by atoms with E-state index in [1.54, 1.807) is 4.90 Å². The van der Waals surface area contributed by atoms with Gasteiger partial charge in [-0.15, -0.1) is 0 Å². The minimum Gasteiger partial charge on any atom is -0.339 e. The van der Waals surface area contributed by atoms with Crippen molar-refractivity contribution in [3.8, 4) is 0 Å². The van der Waals surface area contributed by atoms with Crippen molar-refractivity contribution >= 4 is 23.4 Å². The Morgan fingerprint density at radius 2 is 1.88 bits per heavy atom. The lowest BCUT2D eigenvalue weighted by Gasteiger charge is -2.37. The van der Waals surface area contributed by atoms with Gasteiger partial charge in [-0.05, 0) is 31.5 Å². The van der Waals surface area contributed by atoms with Crippen molar-refractivity contribution in [1.29, 1.82) is 0 Å². The maximum atomic E-state index is 13.9. The Morgan fingerprint density at radius 1 is 1.17 bits per heavy atom. The molecule has 1 atom stereocenters. The zero-order valence-electron chi connectivity index (χ0n) is 13.4. The van der Waals surface area contributed by atoms with Crippen LogP contribution in [0.1, 0.15) is 23.2 Å². The maximum Gasteiger partial charge on any atom is 0.258 e. The van der Waals surface area contributed by atoms with Crippen molar-refractivity contribution in [2.24, 2.45) is 5.92 Å². The van der Waals surface area contributed by atoms with E-state index in [4.69, 9.17) is 11.6 Å². The molecule has 2 aliphatic rings. The second-order valence-corrected chi connectivity index (χ2v) is 6.66. The molecule has 5 nitrogen and oxygen atoms in total. The van der Waals surface area contributed by atoms with E-state index in [-0.39, 0.29) is 22.4 Å². The van der Waals surface area contributed by atoms with Crippen LogP contribution in [0, 0.1) is 11.7 Å². The summed E-state index contributed by atoms with van der Waals surface area (Å²) >= 11 is 5.97. The Bertz CT molecular complexity index is 606. The molecule has 0 radical (unpaired) electrons. The average molecular weight is 354 g/mol. The van der Waals surface area contributed by atoms with E-state index in [1.165, 1.54) is 18.2 Å². The summed E-state index contributed by atoms with van der Waals surface area (Å²) in [6.45, 7) is 3.45. The second-order valence-electron chi connectivity index (χ2n) is 6.26. The highest BCUT2D eigenvalue weighted by Gasteiger charge is 2.31. The molecule has 2 fully saturated rings. The third-order valence-electron chi connectivity index (χ3n) is 4.70. The van der Waals surface area contributed by atoms with Gasteiger partial charge < -0.3 is 15.1 Å². The Balaban J connectivity index is 1.60. The van der Waals surface area contributed by atoms with Gasteiger partial charge >= 0.3 is 0 Å². The number of nitrogens with zero attached hydrogens (tertiary/aromatic N) is 2. The van der Waals surface area contributed by atoms with E-state index < -0.39 is 11.7 Å². The number of piperazine rings is 1. The van der Waals surface area contributed by atoms with Gasteiger partial charge in [-0.25, -0.2) is 4.39 Å². The van der Waals surface area contributed by atoms with Crippen LogP contribution >= 0.6 is 11.6 Å². The van der Waals surface area contributed by atoms with Crippen molar-refractivity contribution in [3.63, 3.8) is 0 Å². The van der Waals surface area contributed by atoms with Crippen molar-refractivity contribution in [1.82, 2.24) is 15.1 Å². The minimum absolute atomic E-state index is 0.0296. The predicted octanol–water partition coefficient (Wildman–Crippen LogP) is 1.76. The number of piperidine rings is 1. The number of hydrogen-bond acceptors (Lipinski definition) is 3. The van der Waals surface area contributed by atoms with Crippen molar-refractivity contribution in [2.45, 2.75) is 12.8 Å². The average Bonchev–Trinajstić information content (AvgIpc) is 2.62. The number of hydrogen-bond donors (Lipinski definition) is 1. The molecule has 2 saturated heterocycles. The Labute approximate surface area is 145 Å². The first-order chi connectivity index (χ1) is 11.6. The summed E-state index contributed by atoms with van der Waals surface area (Å²) < 4.78 is 13.9. The van der Waals surface area contributed by atoms with Gasteiger partial charge in [0, 0.05) is 32.7 Å². The second kappa shape index (κ2) is 7.49. The van der Waals surface area contributed by atoms with E-state index in [0.29, 0.717) is 26.2 Å². The van der Waals surface area contributed by atoms with Gasteiger partial charge in [0.05, 0.1) is 16.5 Å². The first-order valence-electron chi connectivity index (χ1n) is 8.30. The Kier molecular flexibility index (Phi) is 5.36. The summed E-state index contributed by atoms with van der Waals surface area (Å²) in [7, 11) is 0. The van der Waals surface area contributed by atoms with Crippen LogP contribution in [0.15, 0.2) is 18.2 Å². The third-order valence-corrected chi connectivity index (χ3v) is 5.02. The van der Waals surface area contributed by atoms with Crippen LogP contribution in [0.25, 0.3) is 0 Å². The molecule has 2 amide bonds. The predicted molar refractivity (Wildman–Crippen MR) is 89.5 cm³/mol. The van der Waals surface area contributed by atoms with Crippen molar-refractivity contribution in [3.05, 3.63) is 34.6 Å². The fraction of sp³-hybridized carbons (Fsp3) is 0.529. The lowest BCUT2D eigenvalue weighted by Crippen LogP contribution is -2.53. The molecule has 1 unspecified atom stereocenters. The largest absolute Gasteiger partial charge is 0.339 e. The third kappa shape index (κ3) is 3.54. The van der Waals surface area contributed by atoms with E-state index in [9.17, 15) is 14.0 Å². The topological polar surface area (TPSA) is 52.7 Å². The number of carbonyl (C=O) groups excluding carboxylic acids is 2. The number of nitrogens with one attached hydrogen (secondary N) is 1. The quantitative estimate of drug-likeness (QED) is 0.881. The molecule has 0 spiro atoms. The van der Waals surface area contributed by atoms with Crippen LogP contribution in [0.5, 0.6) is 0 Å². The zero-order chi connectivity index (χ0) is 17.1. The number of amides is 2. The molecule has 24 heavy (non-hydrogen) atoms. The molecule has 0 bridgehead atoms. The summed E-state index contributed by atoms with van der Waals surface area (Å²) in [6, 6.07) is 4.21. The van der Waals surface area contributed by atoms with Gasteiger partial charge in [-0.2, -0.15) is 0 Å². The molecule has 0 aromatic heterocycles. The van der Waals surface area contributed by atoms with Gasteiger partial charge in [0.2, 0.25) is 5.91 Å². The van der Waals surface area contributed by atoms with Crippen LogP contribution in [0.3, 0.4) is 0 Å². The van der Waals surface area contributed by atoms with Crippen molar-refractivity contribution < 1.29 is 14.0 Å². The summed E-state index contributed by atoms with van der Waals surface area (Å²) in [5.74, 6) is -0.843. The van der Waals surface area contributed by atoms with Crippen molar-refractivity contribution in [2.75, 3.05) is 39.3 Å². The monoisotopic (exact) mass is 353 g/mol. The highest BCUT2D eigenvalue weighted by atomic mass is 35.5. The molecule has 0 aliphatic carbocycles. The fourth-order valence-electron chi connectivity index (χ4n) is 3.31. The minimum atomic E-state index is -0.612. The van der Waals surface area contributed by atoms with E-state index >= 15 is 0 Å². The van der Waals surface area contributed by atoms with E-state index in [1.807, 2.05) is 4.90 Å². The molecule has 2 aliphatic heterocycles. The molecule has 7 heteroatoms. The Hall–Kier alpha value is -1.66. The van der Waals surface area contributed by atoms with Crippen LogP contribution in [0.4, 0.5) is 4.39 Å². The molecule has 1 aromatic rings. The lowest BCUT2D eigenvalue weighted by atomic mass is 9.98. The summed E-state index contributed by atoms with van der Waals surface area (Å²) in [4.78, 5) is 28.4. The summed E-state index contributed by atoms with van der Waals surface area (Å²) in [6.07, 6.45) is 1.93. The standard InChI is InChI=1S/C17H21ClFN3O2/c18-13-4-1-5-14(19)15(13)17(24)22-9-7-21(8-10-22)16(23)12-3-2-6-20-11-12/h1,4-5,12,20H,2-3,6-11H2. The highest BCUT2D eigenvalue weighted by molar-refractivity contribution is 6.33. The molecule has 3 rings (SSSR count). The summed E-state index contributed by atoms with van der Waals surface area (Å²) in [5.41, 5.74) is -0.0876. The van der Waals surface area contributed by atoms with E-state index in [0.717, 1.165) is 25.9 Å².